The van der Waals surface area contributed by atoms with Crippen LogP contribution in [0.25, 0.3) is 6.08 Å². The highest BCUT2D eigenvalue weighted by Crippen LogP contribution is 2.20. The number of carbonyl (C=O) groups is 1. The monoisotopic (exact) mass is 432 g/mol. The zero-order chi connectivity index (χ0) is 20.7. The van der Waals surface area contributed by atoms with Crippen LogP contribution in [-0.2, 0) is 21.2 Å². The molecule has 0 heterocycles. The quantitative estimate of drug-likeness (QED) is 0.620. The van der Waals surface area contributed by atoms with E-state index in [0.29, 0.717) is 18.0 Å². The average Bonchev–Trinajstić information content (AvgIpc) is 3.20. The lowest BCUT2D eigenvalue weighted by atomic mass is 10.1. The van der Waals surface area contributed by atoms with Crippen LogP contribution in [0.1, 0.15) is 36.8 Å². The highest BCUT2D eigenvalue weighted by atomic mass is 35.5. The van der Waals surface area contributed by atoms with Crippen LogP contribution < -0.4 is 10.0 Å². The molecule has 0 spiro atoms. The third kappa shape index (κ3) is 6.42. The molecule has 7 heteroatoms. The number of halogens is 1. The van der Waals surface area contributed by atoms with Crippen molar-refractivity contribution in [1.29, 1.82) is 0 Å². The molecule has 0 bridgehead atoms. The summed E-state index contributed by atoms with van der Waals surface area (Å²) < 4.78 is 27.6. The van der Waals surface area contributed by atoms with E-state index in [1.54, 1.807) is 36.4 Å². The van der Waals surface area contributed by atoms with Crippen LogP contribution in [0.3, 0.4) is 0 Å². The maximum absolute atomic E-state index is 12.4. The lowest BCUT2D eigenvalue weighted by Crippen LogP contribution is -2.32. The molecule has 0 unspecified atom stereocenters. The van der Waals surface area contributed by atoms with Gasteiger partial charge >= 0.3 is 0 Å². The van der Waals surface area contributed by atoms with Crippen molar-refractivity contribution in [2.24, 2.45) is 0 Å². The summed E-state index contributed by atoms with van der Waals surface area (Å²) in [6.45, 7) is 0.456. The van der Waals surface area contributed by atoms with Crippen LogP contribution in [0.15, 0.2) is 59.5 Å². The van der Waals surface area contributed by atoms with E-state index >= 15 is 0 Å². The summed E-state index contributed by atoms with van der Waals surface area (Å²) in [5.41, 5.74) is 1.74. The van der Waals surface area contributed by atoms with Gasteiger partial charge in [-0.2, -0.15) is 0 Å². The summed E-state index contributed by atoms with van der Waals surface area (Å²) in [6, 6.07) is 14.2. The van der Waals surface area contributed by atoms with Crippen molar-refractivity contribution in [2.75, 3.05) is 6.54 Å². The minimum atomic E-state index is -3.47. The van der Waals surface area contributed by atoms with Gasteiger partial charge in [-0.1, -0.05) is 54.8 Å². The Morgan fingerprint density at radius 3 is 2.45 bits per heavy atom. The first-order valence-electron chi connectivity index (χ1n) is 9.76. The van der Waals surface area contributed by atoms with Crippen LogP contribution in [-0.4, -0.2) is 26.9 Å². The van der Waals surface area contributed by atoms with Gasteiger partial charge in [0.15, 0.2) is 0 Å². The van der Waals surface area contributed by atoms with E-state index in [1.165, 1.54) is 6.08 Å². The van der Waals surface area contributed by atoms with Crippen molar-refractivity contribution in [1.82, 2.24) is 10.0 Å². The zero-order valence-electron chi connectivity index (χ0n) is 16.1. The summed E-state index contributed by atoms with van der Waals surface area (Å²) in [4.78, 5) is 12.2. The number of hydrogen-bond acceptors (Lipinski definition) is 3. The topological polar surface area (TPSA) is 75.3 Å². The van der Waals surface area contributed by atoms with Gasteiger partial charge in [-0.05, 0) is 54.7 Å². The van der Waals surface area contributed by atoms with Crippen molar-refractivity contribution in [2.45, 2.75) is 43.0 Å². The third-order valence-corrected chi connectivity index (χ3v) is 6.82. The Morgan fingerprint density at radius 2 is 1.76 bits per heavy atom. The Bertz CT molecular complexity index is 966. The summed E-state index contributed by atoms with van der Waals surface area (Å²) in [5, 5.41) is 3.41. The standard InChI is InChI=1S/C22H25ClN2O3S/c23-21-8-4-1-5-18(21)11-14-22(26)24-16-15-17-9-12-20(13-10-17)29(27,28)25-19-6-2-3-7-19/h1,4-5,8-14,19,25H,2-3,6-7,15-16H2,(H,24,26)/b14-11+. The van der Waals surface area contributed by atoms with E-state index < -0.39 is 10.0 Å². The largest absolute Gasteiger partial charge is 0.352 e. The second-order valence-corrected chi connectivity index (χ2v) is 9.26. The van der Waals surface area contributed by atoms with Crippen LogP contribution in [0.2, 0.25) is 5.02 Å². The van der Waals surface area contributed by atoms with Gasteiger partial charge in [0, 0.05) is 23.7 Å². The number of sulfonamides is 1. The van der Waals surface area contributed by atoms with Crippen molar-refractivity contribution >= 4 is 33.6 Å². The summed E-state index contributed by atoms with van der Waals surface area (Å²) >= 11 is 6.05. The maximum Gasteiger partial charge on any atom is 0.244 e. The number of benzene rings is 2. The van der Waals surface area contributed by atoms with Gasteiger partial charge in [0.25, 0.3) is 0 Å². The number of carbonyl (C=O) groups excluding carboxylic acids is 1. The molecular weight excluding hydrogens is 408 g/mol. The molecule has 1 aliphatic carbocycles. The Balaban J connectivity index is 1.47. The van der Waals surface area contributed by atoms with E-state index in [9.17, 15) is 13.2 Å². The molecule has 0 aromatic heterocycles. The third-order valence-electron chi connectivity index (χ3n) is 4.94. The summed E-state index contributed by atoms with van der Waals surface area (Å²) in [5.74, 6) is -0.204. The first-order chi connectivity index (χ1) is 13.9. The van der Waals surface area contributed by atoms with Gasteiger partial charge < -0.3 is 5.32 Å². The molecule has 5 nitrogen and oxygen atoms in total. The van der Waals surface area contributed by atoms with Crippen molar-refractivity contribution < 1.29 is 13.2 Å². The van der Waals surface area contributed by atoms with Gasteiger partial charge in [-0.15, -0.1) is 0 Å². The normalized spacial score (nSPS) is 15.1. The Labute approximate surface area is 177 Å². The molecule has 1 amide bonds. The summed E-state index contributed by atoms with van der Waals surface area (Å²) in [6.07, 6.45) is 7.70. The molecule has 29 heavy (non-hydrogen) atoms. The molecular formula is C22H25ClN2O3S. The SMILES string of the molecule is O=C(/C=C/c1ccccc1Cl)NCCc1ccc(S(=O)(=O)NC2CCCC2)cc1. The van der Waals surface area contributed by atoms with Crippen molar-refractivity contribution in [3.63, 3.8) is 0 Å². The minimum Gasteiger partial charge on any atom is -0.352 e. The van der Waals surface area contributed by atoms with Gasteiger partial charge in [-0.3, -0.25) is 4.79 Å². The zero-order valence-corrected chi connectivity index (χ0v) is 17.7. The maximum atomic E-state index is 12.4. The second kappa shape index (κ2) is 10.1. The van der Waals surface area contributed by atoms with Crippen LogP contribution in [0.4, 0.5) is 0 Å². The number of nitrogens with one attached hydrogen (secondary N) is 2. The van der Waals surface area contributed by atoms with Gasteiger partial charge in [-0.25, -0.2) is 13.1 Å². The second-order valence-electron chi connectivity index (χ2n) is 7.14. The number of amides is 1. The highest BCUT2D eigenvalue weighted by Gasteiger charge is 2.22. The predicted octanol–water partition coefficient (Wildman–Crippen LogP) is 3.93. The number of rotatable bonds is 8. The molecule has 0 aliphatic heterocycles. The molecule has 0 saturated heterocycles. The molecule has 154 valence electrons. The minimum absolute atomic E-state index is 0.0497. The van der Waals surface area contributed by atoms with Crippen molar-refractivity contribution in [3.8, 4) is 0 Å². The Hall–Kier alpha value is -2.15. The van der Waals surface area contributed by atoms with Gasteiger partial charge in [0.05, 0.1) is 4.90 Å². The van der Waals surface area contributed by atoms with Crippen LogP contribution >= 0.6 is 11.6 Å². The molecule has 2 N–H and O–H groups in total. The van der Waals surface area contributed by atoms with E-state index in [1.807, 2.05) is 18.2 Å². The molecule has 1 fully saturated rings. The highest BCUT2D eigenvalue weighted by molar-refractivity contribution is 7.89. The first kappa shape index (κ1) is 21.6. The lowest BCUT2D eigenvalue weighted by molar-refractivity contribution is -0.116. The van der Waals surface area contributed by atoms with E-state index in [-0.39, 0.29) is 16.8 Å². The van der Waals surface area contributed by atoms with Gasteiger partial charge in [0.1, 0.15) is 0 Å². The fourth-order valence-corrected chi connectivity index (χ4v) is 4.83. The molecule has 3 rings (SSSR count). The summed E-state index contributed by atoms with van der Waals surface area (Å²) in [7, 11) is -3.47. The van der Waals surface area contributed by atoms with E-state index in [4.69, 9.17) is 11.6 Å². The smallest absolute Gasteiger partial charge is 0.244 e. The lowest BCUT2D eigenvalue weighted by Gasteiger charge is -2.12. The molecule has 1 aliphatic rings. The molecule has 1 saturated carbocycles. The van der Waals surface area contributed by atoms with E-state index in [2.05, 4.69) is 10.0 Å². The fraction of sp³-hybridized carbons (Fsp3) is 0.318. The predicted molar refractivity (Wildman–Crippen MR) is 116 cm³/mol. The van der Waals surface area contributed by atoms with Gasteiger partial charge in [0.2, 0.25) is 15.9 Å². The number of hydrogen-bond donors (Lipinski definition) is 2. The molecule has 2 aromatic rings. The first-order valence-corrected chi connectivity index (χ1v) is 11.6. The molecule has 2 aromatic carbocycles. The molecule has 0 radical (unpaired) electrons. The Morgan fingerprint density at radius 1 is 1.07 bits per heavy atom. The van der Waals surface area contributed by atoms with Crippen LogP contribution in [0, 0.1) is 0 Å². The average molecular weight is 433 g/mol. The van der Waals surface area contributed by atoms with E-state index in [0.717, 1.165) is 36.8 Å². The molecule has 0 atom stereocenters. The van der Waals surface area contributed by atoms with Crippen molar-refractivity contribution in [3.05, 3.63) is 70.8 Å². The fourth-order valence-electron chi connectivity index (χ4n) is 3.33. The Kier molecular flexibility index (Phi) is 7.47. The van der Waals surface area contributed by atoms with Crippen LogP contribution in [0.5, 0.6) is 0 Å².